The smallest absolute Gasteiger partial charge is 0.276 e. The molecule has 1 fully saturated rings. The molecule has 0 aliphatic carbocycles. The third-order valence-electron chi connectivity index (χ3n) is 6.75. The summed E-state index contributed by atoms with van der Waals surface area (Å²) in [5.41, 5.74) is 3.58. The van der Waals surface area contributed by atoms with Crippen molar-refractivity contribution < 1.29 is 4.79 Å². The lowest BCUT2D eigenvalue weighted by atomic mass is 10.2. The molecule has 1 aromatic heterocycles. The average molecular weight is 575 g/mol. The first-order chi connectivity index (χ1) is 18.9. The summed E-state index contributed by atoms with van der Waals surface area (Å²) >= 11 is 8.40. The van der Waals surface area contributed by atoms with Crippen LogP contribution >= 0.6 is 35.7 Å². The minimum atomic E-state index is -0.0999. The van der Waals surface area contributed by atoms with E-state index >= 15 is 0 Å². The number of carbonyl (C=O) groups is 1. The molecule has 0 saturated carbocycles. The molecular weight excluding hydrogens is 545 g/mol. The molecular formula is C30H30N4O2S3. The van der Waals surface area contributed by atoms with Gasteiger partial charge in [-0.15, -0.1) is 0 Å². The largest absolute Gasteiger partial charge is 0.335 e. The Balaban J connectivity index is 1.75. The second-order valence-corrected chi connectivity index (χ2v) is 11.8. The number of nitrogens with zero attached hydrogens (tertiary/aromatic N) is 4. The Morgan fingerprint density at radius 3 is 2.23 bits per heavy atom. The summed E-state index contributed by atoms with van der Waals surface area (Å²) in [6, 6.07) is 18.2. The summed E-state index contributed by atoms with van der Waals surface area (Å²) < 4.78 is 4.31. The lowest BCUT2D eigenvalue weighted by Crippen LogP contribution is -2.33. The number of amides is 1. The van der Waals surface area contributed by atoms with E-state index in [4.69, 9.17) is 12.2 Å². The summed E-state index contributed by atoms with van der Waals surface area (Å²) in [6.07, 6.45) is 5.76. The second-order valence-electron chi connectivity index (χ2n) is 9.02. The van der Waals surface area contributed by atoms with Gasteiger partial charge in [0.1, 0.15) is 15.1 Å². The van der Waals surface area contributed by atoms with Crippen LogP contribution in [-0.2, 0) is 11.3 Å². The molecule has 6 nitrogen and oxygen atoms in total. The fraction of sp³-hybridized carbons (Fsp3) is 0.233. The van der Waals surface area contributed by atoms with Crippen LogP contribution in [0.3, 0.4) is 0 Å². The van der Waals surface area contributed by atoms with Gasteiger partial charge in [-0.05, 0) is 75.8 Å². The number of hydrogen-bond acceptors (Lipinski definition) is 6. The molecule has 0 spiro atoms. The molecule has 200 valence electrons. The number of imidazole rings is 1. The number of likely N-dealkylation sites (N-methyl/N-ethyl adjacent to an activating group) is 1. The van der Waals surface area contributed by atoms with Gasteiger partial charge in [0, 0.05) is 30.2 Å². The van der Waals surface area contributed by atoms with Crippen molar-refractivity contribution >= 4 is 63.3 Å². The summed E-state index contributed by atoms with van der Waals surface area (Å²) in [5, 5.41) is 1.69. The van der Waals surface area contributed by atoms with Crippen LogP contribution in [0.5, 0.6) is 0 Å². The monoisotopic (exact) mass is 574 g/mol. The Kier molecular flexibility index (Phi) is 8.02. The van der Waals surface area contributed by atoms with Crippen molar-refractivity contribution in [1.29, 1.82) is 0 Å². The van der Waals surface area contributed by atoms with Crippen LogP contribution in [0.15, 0.2) is 86.4 Å². The topological polar surface area (TPSA) is 50.5 Å². The van der Waals surface area contributed by atoms with Gasteiger partial charge < -0.3 is 4.90 Å². The van der Waals surface area contributed by atoms with Crippen LogP contribution in [0.4, 0.5) is 5.69 Å². The Labute approximate surface area is 242 Å². The first-order valence-corrected chi connectivity index (χ1v) is 15.0. The van der Waals surface area contributed by atoms with Crippen LogP contribution in [0.25, 0.3) is 17.3 Å². The highest BCUT2D eigenvalue weighted by atomic mass is 32.2. The van der Waals surface area contributed by atoms with Crippen molar-refractivity contribution in [3.05, 3.63) is 97.9 Å². The van der Waals surface area contributed by atoms with Crippen LogP contribution in [-0.4, -0.2) is 37.4 Å². The zero-order chi connectivity index (χ0) is 27.7. The van der Waals surface area contributed by atoms with Gasteiger partial charge in [-0.25, -0.2) is 0 Å². The molecule has 0 radical (unpaired) electrons. The number of allylic oxidation sites excluding steroid dienone is 2. The molecule has 2 aliphatic rings. The number of hydrogen-bond donors (Lipinski definition) is 0. The number of benzene rings is 2. The Hall–Kier alpha value is -3.27. The molecule has 0 bridgehead atoms. The van der Waals surface area contributed by atoms with Gasteiger partial charge in [0.25, 0.3) is 11.5 Å². The van der Waals surface area contributed by atoms with Crippen molar-refractivity contribution in [3.63, 3.8) is 0 Å². The quantitative estimate of drug-likeness (QED) is 0.310. The van der Waals surface area contributed by atoms with Gasteiger partial charge in [-0.1, -0.05) is 66.1 Å². The first kappa shape index (κ1) is 27.3. The maximum atomic E-state index is 13.9. The summed E-state index contributed by atoms with van der Waals surface area (Å²) in [5.74, 6) is -0.0999. The summed E-state index contributed by atoms with van der Waals surface area (Å²) in [6.45, 7) is 9.86. The minimum Gasteiger partial charge on any atom is -0.335 e. The minimum absolute atomic E-state index is 0.0694. The number of anilines is 1. The molecule has 0 unspecified atom stereocenters. The molecule has 1 amide bonds. The van der Waals surface area contributed by atoms with Gasteiger partial charge >= 0.3 is 0 Å². The number of carbonyl (C=O) groups excluding carboxylic acids is 1. The first-order valence-electron chi connectivity index (χ1n) is 13.0. The third kappa shape index (κ3) is 4.95. The van der Waals surface area contributed by atoms with Crippen LogP contribution in [0.1, 0.15) is 27.7 Å². The molecule has 0 atom stereocenters. The highest BCUT2D eigenvalue weighted by Crippen LogP contribution is 2.45. The highest BCUT2D eigenvalue weighted by molar-refractivity contribution is 8.26. The van der Waals surface area contributed by atoms with Gasteiger partial charge in [0.2, 0.25) is 0 Å². The standard InChI is InChI=1S/C30H30N4O2S3/c1-5-31-22-15-11-12-16-23(22)38-26(31)19-20(4)27-29(36)32(6-2)25(34(27)21-13-9-8-10-14-21)18-17-24-28(35)33(7-3)30(37)39-24/h8-19H,5-7H2,1-4H3. The molecule has 9 heteroatoms. The van der Waals surface area contributed by atoms with E-state index in [9.17, 15) is 9.59 Å². The Bertz CT molecular complexity index is 1700. The van der Waals surface area contributed by atoms with E-state index in [1.807, 2.05) is 61.7 Å². The molecule has 0 N–H and O–H groups in total. The van der Waals surface area contributed by atoms with E-state index < -0.39 is 0 Å². The van der Waals surface area contributed by atoms with Crippen LogP contribution in [0.2, 0.25) is 0 Å². The van der Waals surface area contributed by atoms with Crippen molar-refractivity contribution in [3.8, 4) is 5.69 Å². The molecule has 3 heterocycles. The van der Waals surface area contributed by atoms with Gasteiger partial charge in [-0.2, -0.15) is 0 Å². The van der Waals surface area contributed by atoms with Gasteiger partial charge in [0.05, 0.1) is 15.6 Å². The summed E-state index contributed by atoms with van der Waals surface area (Å²) in [4.78, 5) is 32.4. The van der Waals surface area contributed by atoms with Gasteiger partial charge in [0.15, 0.2) is 0 Å². The van der Waals surface area contributed by atoms with E-state index in [2.05, 4.69) is 42.2 Å². The van der Waals surface area contributed by atoms with Crippen molar-refractivity contribution in [2.24, 2.45) is 0 Å². The Morgan fingerprint density at radius 1 is 0.872 bits per heavy atom. The van der Waals surface area contributed by atoms with E-state index in [0.29, 0.717) is 33.1 Å². The van der Waals surface area contributed by atoms with Crippen LogP contribution < -0.4 is 21.3 Å². The molecule has 39 heavy (non-hydrogen) atoms. The zero-order valence-corrected chi connectivity index (χ0v) is 24.8. The van der Waals surface area contributed by atoms with E-state index in [1.54, 1.807) is 27.3 Å². The molecule has 2 aromatic carbocycles. The van der Waals surface area contributed by atoms with E-state index in [0.717, 1.165) is 22.8 Å². The number of aromatic nitrogens is 2. The average Bonchev–Trinajstić information content (AvgIpc) is 3.54. The normalized spacial score (nSPS) is 18.6. The van der Waals surface area contributed by atoms with Crippen LogP contribution in [0, 0.1) is 0 Å². The maximum Gasteiger partial charge on any atom is 0.276 e. The second kappa shape index (κ2) is 11.5. The molecule has 5 rings (SSSR count). The predicted molar refractivity (Wildman–Crippen MR) is 168 cm³/mol. The predicted octanol–water partition coefficient (Wildman–Crippen LogP) is 4.85. The maximum absolute atomic E-state index is 13.9. The fourth-order valence-corrected chi connectivity index (χ4v) is 7.45. The van der Waals surface area contributed by atoms with E-state index in [1.165, 1.54) is 22.3 Å². The molecule has 2 aliphatic heterocycles. The van der Waals surface area contributed by atoms with Crippen molar-refractivity contribution in [2.75, 3.05) is 18.0 Å². The van der Waals surface area contributed by atoms with Gasteiger partial charge in [-0.3, -0.25) is 23.6 Å². The molecule has 3 aromatic rings. The fourth-order valence-electron chi connectivity index (χ4n) is 4.89. The number of fused-ring (bicyclic) bond motifs is 1. The third-order valence-corrected chi connectivity index (χ3v) is 9.26. The number of para-hydroxylation sites is 2. The van der Waals surface area contributed by atoms with Crippen molar-refractivity contribution in [1.82, 2.24) is 14.0 Å². The van der Waals surface area contributed by atoms with Crippen molar-refractivity contribution in [2.45, 2.75) is 39.1 Å². The SMILES string of the molecule is CCN1C(=O)C(=CC=c2n(CC)c(=O)c(=C(C)C=C3Sc4ccccc4N3CC)n2-c2ccccc2)SC1=S. The Morgan fingerprint density at radius 2 is 1.56 bits per heavy atom. The summed E-state index contributed by atoms with van der Waals surface area (Å²) in [7, 11) is 0. The zero-order valence-electron chi connectivity index (χ0n) is 22.4. The number of thiocarbonyl (C=S) groups is 1. The number of rotatable bonds is 6. The lowest BCUT2D eigenvalue weighted by Gasteiger charge is -2.18. The number of thioether (sulfide) groups is 2. The molecule has 1 saturated heterocycles. The highest BCUT2D eigenvalue weighted by Gasteiger charge is 2.30. The van der Waals surface area contributed by atoms with E-state index in [-0.39, 0.29) is 11.5 Å². The lowest BCUT2D eigenvalue weighted by molar-refractivity contribution is -0.122.